The summed E-state index contributed by atoms with van der Waals surface area (Å²) in [5.41, 5.74) is 3.40. The van der Waals surface area contributed by atoms with Gasteiger partial charge in [0.05, 0.1) is 28.7 Å². The highest BCUT2D eigenvalue weighted by atomic mass is 16.6. The van der Waals surface area contributed by atoms with Crippen LogP contribution in [0.1, 0.15) is 40.2 Å². The van der Waals surface area contributed by atoms with Crippen LogP contribution in [0.5, 0.6) is 5.75 Å². The second kappa shape index (κ2) is 8.90. The van der Waals surface area contributed by atoms with Crippen LogP contribution in [0.2, 0.25) is 0 Å². The molecular weight excluding hydrogens is 468 g/mol. The van der Waals surface area contributed by atoms with E-state index >= 15 is 0 Å². The van der Waals surface area contributed by atoms with Gasteiger partial charge in [0.25, 0.3) is 0 Å². The SMILES string of the molecule is Cc1c(O)c(-c2ncc3cc(N4C[C@@H](C)N(C(=O)OC(C)(C)C)[C@@H](C)C4)ccc3n2)cc2cn(C)nc12. The van der Waals surface area contributed by atoms with E-state index in [0.717, 1.165) is 27.5 Å². The van der Waals surface area contributed by atoms with Gasteiger partial charge in [-0.2, -0.15) is 5.10 Å². The monoisotopic (exact) mass is 502 g/mol. The van der Waals surface area contributed by atoms with Gasteiger partial charge in [-0.1, -0.05) is 0 Å². The molecule has 2 aromatic carbocycles. The van der Waals surface area contributed by atoms with E-state index in [4.69, 9.17) is 9.72 Å². The van der Waals surface area contributed by atoms with E-state index in [1.54, 1.807) is 10.9 Å². The molecule has 1 fully saturated rings. The zero-order valence-corrected chi connectivity index (χ0v) is 22.5. The van der Waals surface area contributed by atoms with Gasteiger partial charge in [-0.3, -0.25) is 9.58 Å². The van der Waals surface area contributed by atoms with Crippen molar-refractivity contribution in [2.24, 2.45) is 7.05 Å². The zero-order chi connectivity index (χ0) is 26.6. The molecule has 37 heavy (non-hydrogen) atoms. The predicted octanol–water partition coefficient (Wildman–Crippen LogP) is 5.03. The number of ether oxygens (including phenoxy) is 1. The van der Waals surface area contributed by atoms with Crippen molar-refractivity contribution < 1.29 is 14.6 Å². The first kappa shape index (κ1) is 24.8. The van der Waals surface area contributed by atoms with Gasteiger partial charge >= 0.3 is 6.09 Å². The van der Waals surface area contributed by atoms with Crippen molar-refractivity contribution in [3.63, 3.8) is 0 Å². The minimum atomic E-state index is -0.524. The van der Waals surface area contributed by atoms with E-state index in [2.05, 4.69) is 41.0 Å². The standard InChI is InChI=1S/C28H34N6O3/c1-16-13-33(14-17(2)34(16)27(36)37-28(4,5)6)21-8-9-23-19(10-21)12-29-26(30-23)22-11-20-15-32(7)31-24(20)18(3)25(22)35/h8-12,15-17,35H,13-14H2,1-7H3/t16-,17+. The third-order valence-electron chi connectivity index (χ3n) is 6.82. The lowest BCUT2D eigenvalue weighted by atomic mass is 10.0. The van der Waals surface area contributed by atoms with Crippen molar-refractivity contribution in [3.05, 3.63) is 42.2 Å². The number of amides is 1. The van der Waals surface area contributed by atoms with E-state index in [0.29, 0.717) is 30.0 Å². The molecule has 1 aliphatic rings. The van der Waals surface area contributed by atoms with Crippen LogP contribution >= 0.6 is 0 Å². The van der Waals surface area contributed by atoms with Crippen LogP contribution in [-0.4, -0.2) is 66.6 Å². The lowest BCUT2D eigenvalue weighted by Gasteiger charge is -2.45. The molecule has 9 nitrogen and oxygen atoms in total. The van der Waals surface area contributed by atoms with Crippen LogP contribution in [0, 0.1) is 6.92 Å². The average Bonchev–Trinajstić information content (AvgIpc) is 3.19. The number of phenolic OH excluding ortho intramolecular Hbond substituents is 1. The average molecular weight is 503 g/mol. The highest BCUT2D eigenvalue weighted by Gasteiger charge is 2.35. The molecule has 1 N–H and O–H groups in total. The Bertz CT molecular complexity index is 1490. The Morgan fingerprint density at radius 1 is 1.11 bits per heavy atom. The molecule has 9 heteroatoms. The van der Waals surface area contributed by atoms with Gasteiger partial charge in [-0.05, 0) is 65.8 Å². The highest BCUT2D eigenvalue weighted by Crippen LogP contribution is 2.36. The zero-order valence-electron chi connectivity index (χ0n) is 22.5. The number of aryl methyl sites for hydroxylation is 2. The molecule has 5 rings (SSSR count). The fraction of sp³-hybridized carbons (Fsp3) is 0.429. The van der Waals surface area contributed by atoms with E-state index in [1.165, 1.54) is 0 Å². The quantitative estimate of drug-likeness (QED) is 0.411. The number of aromatic hydroxyl groups is 1. The molecule has 0 aliphatic carbocycles. The van der Waals surface area contributed by atoms with Crippen molar-refractivity contribution in [3.8, 4) is 17.1 Å². The molecule has 2 aromatic heterocycles. The molecule has 0 radical (unpaired) electrons. The summed E-state index contributed by atoms with van der Waals surface area (Å²) in [6, 6.07) is 8.00. The highest BCUT2D eigenvalue weighted by molar-refractivity contribution is 5.91. The van der Waals surface area contributed by atoms with Gasteiger partial charge in [0, 0.05) is 54.6 Å². The maximum atomic E-state index is 12.8. The molecule has 3 heterocycles. The molecule has 2 atom stereocenters. The van der Waals surface area contributed by atoms with E-state index in [1.807, 2.05) is 58.0 Å². The Morgan fingerprint density at radius 2 is 1.81 bits per heavy atom. The topological polar surface area (TPSA) is 96.6 Å². The number of anilines is 1. The van der Waals surface area contributed by atoms with E-state index in [9.17, 15) is 9.90 Å². The third-order valence-corrected chi connectivity index (χ3v) is 6.82. The molecule has 1 aliphatic heterocycles. The number of carbonyl (C=O) groups is 1. The fourth-order valence-corrected chi connectivity index (χ4v) is 5.17. The summed E-state index contributed by atoms with van der Waals surface area (Å²) < 4.78 is 7.37. The first-order valence-corrected chi connectivity index (χ1v) is 12.6. The van der Waals surface area contributed by atoms with Crippen molar-refractivity contribution >= 4 is 33.6 Å². The number of rotatable bonds is 2. The maximum Gasteiger partial charge on any atom is 0.410 e. The molecule has 0 saturated carbocycles. The molecule has 1 amide bonds. The largest absolute Gasteiger partial charge is 0.507 e. The van der Waals surface area contributed by atoms with Crippen LogP contribution in [0.3, 0.4) is 0 Å². The smallest absolute Gasteiger partial charge is 0.410 e. The Morgan fingerprint density at radius 3 is 2.49 bits per heavy atom. The normalized spacial score (nSPS) is 18.6. The second-order valence-electron chi connectivity index (χ2n) is 11.1. The second-order valence-corrected chi connectivity index (χ2v) is 11.1. The van der Waals surface area contributed by atoms with Crippen LogP contribution in [0.4, 0.5) is 10.5 Å². The molecule has 1 saturated heterocycles. The molecule has 0 unspecified atom stereocenters. The Labute approximate surface area is 216 Å². The van der Waals surface area contributed by atoms with Gasteiger partial charge in [0.2, 0.25) is 0 Å². The molecular formula is C28H34N6O3. The van der Waals surface area contributed by atoms with Crippen molar-refractivity contribution in [2.45, 2.75) is 59.2 Å². The third kappa shape index (κ3) is 4.65. The number of piperazine rings is 1. The summed E-state index contributed by atoms with van der Waals surface area (Å²) in [6.07, 6.45) is 3.45. The predicted molar refractivity (Wildman–Crippen MR) is 145 cm³/mol. The molecule has 4 aromatic rings. The number of carbonyl (C=O) groups excluding carboxylic acids is 1. The summed E-state index contributed by atoms with van der Waals surface area (Å²) >= 11 is 0. The first-order chi connectivity index (χ1) is 17.4. The summed E-state index contributed by atoms with van der Waals surface area (Å²) in [5, 5.41) is 17.1. The van der Waals surface area contributed by atoms with Gasteiger partial charge in [-0.15, -0.1) is 0 Å². The number of hydrogen-bond donors (Lipinski definition) is 1. The minimum Gasteiger partial charge on any atom is -0.507 e. The Balaban J connectivity index is 1.41. The lowest BCUT2D eigenvalue weighted by molar-refractivity contribution is 0.00566. The van der Waals surface area contributed by atoms with Gasteiger partial charge < -0.3 is 14.7 Å². The van der Waals surface area contributed by atoms with Crippen molar-refractivity contribution in [1.29, 1.82) is 0 Å². The van der Waals surface area contributed by atoms with Crippen LogP contribution < -0.4 is 4.90 Å². The van der Waals surface area contributed by atoms with Crippen LogP contribution in [0.25, 0.3) is 33.2 Å². The number of benzene rings is 2. The fourth-order valence-electron chi connectivity index (χ4n) is 5.17. The van der Waals surface area contributed by atoms with E-state index < -0.39 is 5.60 Å². The van der Waals surface area contributed by atoms with Crippen LogP contribution in [0.15, 0.2) is 36.7 Å². The first-order valence-electron chi connectivity index (χ1n) is 12.6. The van der Waals surface area contributed by atoms with Gasteiger partial charge in [0.15, 0.2) is 5.82 Å². The van der Waals surface area contributed by atoms with Crippen LogP contribution in [-0.2, 0) is 11.8 Å². The number of aromatic nitrogens is 4. The van der Waals surface area contributed by atoms with Gasteiger partial charge in [-0.25, -0.2) is 14.8 Å². The number of phenols is 1. The lowest BCUT2D eigenvalue weighted by Crippen LogP contribution is -2.59. The summed E-state index contributed by atoms with van der Waals surface area (Å²) in [5.74, 6) is 0.618. The minimum absolute atomic E-state index is 0.00142. The van der Waals surface area contributed by atoms with E-state index in [-0.39, 0.29) is 23.9 Å². The molecule has 0 bridgehead atoms. The van der Waals surface area contributed by atoms with Crippen molar-refractivity contribution in [1.82, 2.24) is 24.6 Å². The molecule has 0 spiro atoms. The number of fused-ring (bicyclic) bond motifs is 2. The van der Waals surface area contributed by atoms with Gasteiger partial charge in [0.1, 0.15) is 11.4 Å². The summed E-state index contributed by atoms with van der Waals surface area (Å²) in [4.78, 5) is 26.2. The summed E-state index contributed by atoms with van der Waals surface area (Å²) in [6.45, 7) is 13.0. The molecule has 194 valence electrons. The summed E-state index contributed by atoms with van der Waals surface area (Å²) in [7, 11) is 1.86. The Kier molecular flexibility index (Phi) is 5.96. The number of nitrogens with zero attached hydrogens (tertiary/aromatic N) is 6. The maximum absolute atomic E-state index is 12.8. The Hall–Kier alpha value is -3.88. The van der Waals surface area contributed by atoms with Crippen molar-refractivity contribution in [2.75, 3.05) is 18.0 Å². The number of hydrogen-bond acceptors (Lipinski definition) is 7.